The molecule has 0 saturated carbocycles. The lowest BCUT2D eigenvalue weighted by atomic mass is 9.67. The summed E-state index contributed by atoms with van der Waals surface area (Å²) < 4.78 is 30.9. The Balaban J connectivity index is 1.77. The van der Waals surface area contributed by atoms with Gasteiger partial charge in [0.15, 0.2) is 23.5 Å². The number of halogens is 1. The number of ketones is 2. The monoisotopic (exact) mass is 793 g/mol. The number of carbonyl (C=O) groups excluding carboxylic acids is 4. The molecular formula is C40H60ClN3O11. The molecule has 14 nitrogen and oxygen atoms in total. The molecule has 1 aromatic carbocycles. The van der Waals surface area contributed by atoms with Crippen LogP contribution in [0.4, 0.5) is 0 Å². The van der Waals surface area contributed by atoms with Gasteiger partial charge in [0.2, 0.25) is 0 Å². The molecule has 0 aliphatic carbocycles. The van der Waals surface area contributed by atoms with E-state index in [-0.39, 0.29) is 43.2 Å². The normalized spacial score (nSPS) is 39.6. The number of ether oxygens (including phenoxy) is 5. The van der Waals surface area contributed by atoms with Gasteiger partial charge in [-0.05, 0) is 78.7 Å². The van der Waals surface area contributed by atoms with E-state index in [2.05, 4.69) is 5.16 Å². The van der Waals surface area contributed by atoms with Crippen molar-refractivity contribution in [2.75, 3.05) is 21.2 Å². The van der Waals surface area contributed by atoms with Crippen LogP contribution in [0.25, 0.3) is 0 Å². The highest BCUT2D eigenvalue weighted by atomic mass is 35.5. The standard InChI is InChI=1S/C40H60ClN3O11/c1-12-28-40(8)30(29(37(49)55-40)35(42)43-51-19-25-14-13-15-26(41)17-25)22(4)31(45)20(2)18-39(7,50-11)34(23(5)32(46)24(6)36(48)53-28)54-38-33(47)27(44(9)10)16-21(3)52-38/h13-15,17,20-24,27-30,33-34,38,47H,12,16,18-19H2,1-11H3,(H2,42,43)/t20-,21?,22-,23+,24-,27?,28-,29?,30?,33?,34-,38?,39+,40-/m1/s1. The molecule has 15 heteroatoms. The number of hydrogen-bond acceptors (Lipinski definition) is 13. The number of methoxy groups -OCH3 is 1. The quantitative estimate of drug-likeness (QED) is 0.119. The number of benzene rings is 1. The number of amidine groups is 1. The van der Waals surface area contributed by atoms with Crippen molar-refractivity contribution in [3.8, 4) is 0 Å². The van der Waals surface area contributed by atoms with Crippen LogP contribution in [0.3, 0.4) is 0 Å². The van der Waals surface area contributed by atoms with E-state index in [1.54, 1.807) is 65.8 Å². The van der Waals surface area contributed by atoms with Gasteiger partial charge in [-0.1, -0.05) is 56.6 Å². The summed E-state index contributed by atoms with van der Waals surface area (Å²) in [5.74, 6) is -8.64. The average molecular weight is 794 g/mol. The lowest BCUT2D eigenvalue weighted by Crippen LogP contribution is -2.59. The number of oxime groups is 1. The van der Waals surface area contributed by atoms with Gasteiger partial charge in [0.05, 0.1) is 17.8 Å². The third-order valence-corrected chi connectivity index (χ3v) is 12.2. The zero-order chi connectivity index (χ0) is 41.2. The Bertz CT molecular complexity index is 1590. The number of Topliss-reactive ketones (excluding diaryl/α,β-unsaturated/α-hetero) is 2. The van der Waals surface area contributed by atoms with Gasteiger partial charge in [0.1, 0.15) is 36.4 Å². The number of hydrogen-bond donors (Lipinski definition) is 2. The summed E-state index contributed by atoms with van der Waals surface area (Å²) in [6, 6.07) is 6.67. The van der Waals surface area contributed by atoms with E-state index in [4.69, 9.17) is 45.9 Å². The summed E-state index contributed by atoms with van der Waals surface area (Å²) in [6.07, 6.45) is -3.85. The molecule has 1 aromatic rings. The molecule has 0 radical (unpaired) electrons. The average Bonchev–Trinajstić information content (AvgIpc) is 3.41. The van der Waals surface area contributed by atoms with Gasteiger partial charge in [0, 0.05) is 41.8 Å². The predicted octanol–water partition coefficient (Wildman–Crippen LogP) is 4.30. The Morgan fingerprint density at radius 2 is 1.73 bits per heavy atom. The van der Waals surface area contributed by atoms with Crippen LogP contribution in [-0.2, 0) is 54.3 Å². The minimum absolute atomic E-state index is 0.00644. The van der Waals surface area contributed by atoms with Crippen LogP contribution >= 0.6 is 11.6 Å². The Labute approximate surface area is 329 Å². The molecule has 3 saturated heterocycles. The van der Waals surface area contributed by atoms with Crippen molar-refractivity contribution in [1.29, 1.82) is 0 Å². The fraction of sp³-hybridized carbons (Fsp3) is 0.725. The zero-order valence-electron chi connectivity index (χ0n) is 33.9. The first-order valence-electron chi connectivity index (χ1n) is 19.1. The van der Waals surface area contributed by atoms with Crippen LogP contribution in [0.1, 0.15) is 80.2 Å². The number of aliphatic hydroxyl groups excluding tert-OH is 1. The number of nitrogens with zero attached hydrogens (tertiary/aromatic N) is 2. The van der Waals surface area contributed by atoms with Gasteiger partial charge in [-0.3, -0.25) is 19.2 Å². The van der Waals surface area contributed by atoms with Gasteiger partial charge in [-0.2, -0.15) is 0 Å². The second-order valence-electron chi connectivity index (χ2n) is 16.2. The molecule has 3 aliphatic rings. The lowest BCUT2D eigenvalue weighted by molar-refractivity contribution is -0.295. The van der Waals surface area contributed by atoms with Crippen LogP contribution in [0.5, 0.6) is 0 Å². The maximum atomic E-state index is 14.6. The number of likely N-dealkylation sites (N-methyl/N-ethyl adjacent to an activating group) is 1. The first-order chi connectivity index (χ1) is 25.7. The number of carbonyl (C=O) groups is 4. The van der Waals surface area contributed by atoms with Gasteiger partial charge in [-0.25, -0.2) is 0 Å². The Hall–Kier alpha value is -3.14. The van der Waals surface area contributed by atoms with Crippen molar-refractivity contribution in [2.24, 2.45) is 46.4 Å². The molecule has 308 valence electrons. The summed E-state index contributed by atoms with van der Waals surface area (Å²) >= 11 is 6.11. The van der Waals surface area contributed by atoms with E-state index in [1.165, 1.54) is 14.0 Å². The summed E-state index contributed by atoms with van der Waals surface area (Å²) in [5.41, 5.74) is 4.34. The third-order valence-electron chi connectivity index (χ3n) is 12.0. The smallest absolute Gasteiger partial charge is 0.317 e. The molecule has 0 aromatic heterocycles. The van der Waals surface area contributed by atoms with Crippen molar-refractivity contribution in [1.82, 2.24) is 4.90 Å². The molecule has 4 rings (SSSR count). The SMILES string of the molecule is CC[C@H]1OC(=O)[C@H](C)C(=O)[C@H](C)[C@@H](OC2OC(C)CC(N(C)C)C2O)[C@@](C)(OC)C[C@@H](C)C(=O)[C@H](C)C2C(/C(N)=N\OCc3cccc(Cl)c3)C(=O)O[C@@]21C. The highest BCUT2D eigenvalue weighted by Gasteiger charge is 2.62. The molecule has 3 aliphatic heterocycles. The van der Waals surface area contributed by atoms with Crippen LogP contribution in [0.15, 0.2) is 29.4 Å². The second kappa shape index (κ2) is 18.0. The molecular weight excluding hydrogens is 734 g/mol. The maximum absolute atomic E-state index is 14.6. The van der Waals surface area contributed by atoms with Crippen LogP contribution in [-0.4, -0.2) is 109 Å². The Morgan fingerprint density at radius 3 is 2.33 bits per heavy atom. The van der Waals surface area contributed by atoms with E-state index in [0.717, 1.165) is 0 Å². The highest BCUT2D eigenvalue weighted by molar-refractivity contribution is 6.30. The number of rotatable bonds is 9. The fourth-order valence-corrected chi connectivity index (χ4v) is 9.02. The number of esters is 2. The second-order valence-corrected chi connectivity index (χ2v) is 16.7. The fourth-order valence-electron chi connectivity index (χ4n) is 8.81. The first-order valence-corrected chi connectivity index (χ1v) is 19.5. The van der Waals surface area contributed by atoms with Crippen molar-refractivity contribution in [3.05, 3.63) is 34.9 Å². The Kier molecular flexibility index (Phi) is 14.6. The van der Waals surface area contributed by atoms with E-state index in [0.29, 0.717) is 17.0 Å². The minimum atomic E-state index is -1.54. The van der Waals surface area contributed by atoms with Gasteiger partial charge in [0.25, 0.3) is 0 Å². The Morgan fingerprint density at radius 1 is 1.05 bits per heavy atom. The molecule has 3 fully saturated rings. The minimum Gasteiger partial charge on any atom is -0.458 e. The van der Waals surface area contributed by atoms with Crippen molar-refractivity contribution in [3.63, 3.8) is 0 Å². The summed E-state index contributed by atoms with van der Waals surface area (Å²) in [6.45, 7) is 13.5. The summed E-state index contributed by atoms with van der Waals surface area (Å²) in [7, 11) is 5.17. The molecule has 14 atom stereocenters. The number of aliphatic hydroxyl groups is 1. The van der Waals surface area contributed by atoms with Gasteiger partial charge in [-0.15, -0.1) is 0 Å². The molecule has 55 heavy (non-hydrogen) atoms. The van der Waals surface area contributed by atoms with E-state index >= 15 is 0 Å². The van der Waals surface area contributed by atoms with Crippen LogP contribution in [0.2, 0.25) is 5.02 Å². The molecule has 3 N–H and O–H groups in total. The van der Waals surface area contributed by atoms with Gasteiger partial charge < -0.3 is 44.3 Å². The van der Waals surface area contributed by atoms with Crippen molar-refractivity contribution >= 4 is 40.9 Å². The topological polar surface area (TPSA) is 186 Å². The van der Waals surface area contributed by atoms with Crippen LogP contribution in [0, 0.1) is 35.5 Å². The van der Waals surface area contributed by atoms with E-state index < -0.39 is 89.0 Å². The summed E-state index contributed by atoms with van der Waals surface area (Å²) in [5, 5.41) is 16.0. The van der Waals surface area contributed by atoms with E-state index in [9.17, 15) is 24.3 Å². The van der Waals surface area contributed by atoms with E-state index in [1.807, 2.05) is 25.9 Å². The summed E-state index contributed by atoms with van der Waals surface area (Å²) in [4.78, 5) is 64.1. The molecule has 0 spiro atoms. The molecule has 6 unspecified atom stereocenters. The molecule has 0 bridgehead atoms. The number of cyclic esters (lactones) is 1. The van der Waals surface area contributed by atoms with Crippen molar-refractivity contribution < 1.29 is 52.8 Å². The third kappa shape index (κ3) is 9.37. The zero-order valence-corrected chi connectivity index (χ0v) is 34.7. The molecule has 3 heterocycles. The lowest BCUT2D eigenvalue weighted by Gasteiger charge is -2.47. The van der Waals surface area contributed by atoms with Crippen molar-refractivity contribution in [2.45, 2.75) is 129 Å². The molecule has 0 amide bonds. The predicted molar refractivity (Wildman–Crippen MR) is 204 cm³/mol. The van der Waals surface area contributed by atoms with Gasteiger partial charge >= 0.3 is 11.9 Å². The maximum Gasteiger partial charge on any atom is 0.317 e. The first kappa shape index (κ1) is 44.6. The van der Waals surface area contributed by atoms with Crippen LogP contribution < -0.4 is 5.73 Å². The highest BCUT2D eigenvalue weighted by Crippen LogP contribution is 2.48. The number of nitrogens with two attached hydrogens (primary N) is 1. The largest absolute Gasteiger partial charge is 0.458 e. The number of fused-ring (bicyclic) bond motifs is 1.